The zero-order valence-corrected chi connectivity index (χ0v) is 12.2. The quantitative estimate of drug-likeness (QED) is 0.647. The van der Waals surface area contributed by atoms with Crippen molar-refractivity contribution in [3.8, 4) is 5.75 Å². The first kappa shape index (κ1) is 13.7. The van der Waals surface area contributed by atoms with E-state index in [-0.39, 0.29) is 17.3 Å². The van der Waals surface area contributed by atoms with Gasteiger partial charge in [0.15, 0.2) is 5.13 Å². The lowest BCUT2D eigenvalue weighted by molar-refractivity contribution is 0.0746. The molecule has 1 saturated heterocycles. The normalized spacial score (nSPS) is 15.2. The van der Waals surface area contributed by atoms with Gasteiger partial charge in [0.1, 0.15) is 5.75 Å². The van der Waals surface area contributed by atoms with Crippen molar-refractivity contribution in [3.63, 3.8) is 0 Å². The molecule has 21 heavy (non-hydrogen) atoms. The van der Waals surface area contributed by atoms with Crippen LogP contribution < -0.4 is 10.6 Å². The number of amides is 1. The van der Waals surface area contributed by atoms with E-state index in [4.69, 9.17) is 5.73 Å². The van der Waals surface area contributed by atoms with Gasteiger partial charge in [0.05, 0.1) is 5.69 Å². The number of nitrogen functional groups attached to an aromatic ring is 1. The Kier molecular flexibility index (Phi) is 3.66. The summed E-state index contributed by atoms with van der Waals surface area (Å²) < 4.78 is 0. The van der Waals surface area contributed by atoms with Crippen molar-refractivity contribution in [1.29, 1.82) is 0 Å². The van der Waals surface area contributed by atoms with Gasteiger partial charge in [-0.25, -0.2) is 4.98 Å². The topological polar surface area (TPSA) is 82.7 Å². The molecule has 1 aromatic heterocycles. The molecule has 1 aromatic carbocycles. The number of piperazine rings is 1. The Labute approximate surface area is 126 Å². The SMILES string of the molecule is Nc1ccc(C(=O)N2CCN(c3nccs3)CC2)cc1O. The van der Waals surface area contributed by atoms with E-state index in [1.807, 2.05) is 5.38 Å². The van der Waals surface area contributed by atoms with Crippen LogP contribution in [0.25, 0.3) is 0 Å². The summed E-state index contributed by atoms with van der Waals surface area (Å²) in [5.41, 5.74) is 6.29. The number of anilines is 2. The molecular weight excluding hydrogens is 288 g/mol. The van der Waals surface area contributed by atoms with Gasteiger partial charge in [0.2, 0.25) is 0 Å². The minimum absolute atomic E-state index is 0.0535. The number of hydrogen-bond donors (Lipinski definition) is 2. The molecule has 6 nitrogen and oxygen atoms in total. The fraction of sp³-hybridized carbons (Fsp3) is 0.286. The van der Waals surface area contributed by atoms with E-state index >= 15 is 0 Å². The Balaban J connectivity index is 1.66. The number of aromatic nitrogens is 1. The number of hydrogen-bond acceptors (Lipinski definition) is 6. The van der Waals surface area contributed by atoms with E-state index in [1.54, 1.807) is 34.6 Å². The van der Waals surface area contributed by atoms with Crippen LogP contribution in [0.4, 0.5) is 10.8 Å². The second-order valence-corrected chi connectivity index (χ2v) is 5.74. The second kappa shape index (κ2) is 5.61. The van der Waals surface area contributed by atoms with Crippen LogP contribution in [0.3, 0.4) is 0 Å². The van der Waals surface area contributed by atoms with Crippen molar-refractivity contribution < 1.29 is 9.90 Å². The molecule has 0 bridgehead atoms. The number of nitrogens with zero attached hydrogens (tertiary/aromatic N) is 3. The van der Waals surface area contributed by atoms with Crippen molar-refractivity contribution >= 4 is 28.1 Å². The molecule has 0 radical (unpaired) electrons. The van der Waals surface area contributed by atoms with E-state index in [9.17, 15) is 9.90 Å². The largest absolute Gasteiger partial charge is 0.506 e. The minimum Gasteiger partial charge on any atom is -0.506 e. The summed E-state index contributed by atoms with van der Waals surface area (Å²) >= 11 is 1.60. The summed E-state index contributed by atoms with van der Waals surface area (Å²) in [6, 6.07) is 4.61. The van der Waals surface area contributed by atoms with Crippen LogP contribution in [0, 0.1) is 0 Å². The molecule has 2 aromatic rings. The maximum absolute atomic E-state index is 12.4. The molecule has 1 fully saturated rings. The number of rotatable bonds is 2. The number of carbonyl (C=O) groups excluding carboxylic acids is 1. The standard InChI is InChI=1S/C14H16N4O2S/c15-11-2-1-10(9-12(11)19)13(20)17-4-6-18(7-5-17)14-16-3-8-21-14/h1-3,8-9,19H,4-7,15H2. The summed E-state index contributed by atoms with van der Waals surface area (Å²) in [6.45, 7) is 2.81. The third-order valence-corrected chi connectivity index (χ3v) is 4.37. The maximum Gasteiger partial charge on any atom is 0.254 e. The molecule has 0 spiro atoms. The molecule has 7 heteroatoms. The Morgan fingerprint density at radius 3 is 2.67 bits per heavy atom. The van der Waals surface area contributed by atoms with E-state index in [0.717, 1.165) is 18.2 Å². The van der Waals surface area contributed by atoms with Crippen LogP contribution in [0.2, 0.25) is 0 Å². The van der Waals surface area contributed by atoms with Gasteiger partial charge in [-0.1, -0.05) is 0 Å². The third kappa shape index (κ3) is 2.78. The van der Waals surface area contributed by atoms with Crippen molar-refractivity contribution in [1.82, 2.24) is 9.88 Å². The lowest BCUT2D eigenvalue weighted by Gasteiger charge is -2.34. The van der Waals surface area contributed by atoms with Crippen LogP contribution >= 0.6 is 11.3 Å². The predicted molar refractivity (Wildman–Crippen MR) is 82.7 cm³/mol. The van der Waals surface area contributed by atoms with Crippen LogP contribution in [-0.2, 0) is 0 Å². The fourth-order valence-corrected chi connectivity index (χ4v) is 3.03. The van der Waals surface area contributed by atoms with Gasteiger partial charge in [-0.05, 0) is 18.2 Å². The molecule has 0 atom stereocenters. The minimum atomic E-state index is -0.0795. The number of benzene rings is 1. The fourth-order valence-electron chi connectivity index (χ4n) is 2.33. The Morgan fingerprint density at radius 1 is 1.29 bits per heavy atom. The lowest BCUT2D eigenvalue weighted by Crippen LogP contribution is -2.48. The van der Waals surface area contributed by atoms with Gasteiger partial charge < -0.3 is 20.6 Å². The van der Waals surface area contributed by atoms with Crippen molar-refractivity contribution in [2.45, 2.75) is 0 Å². The smallest absolute Gasteiger partial charge is 0.254 e. The van der Waals surface area contributed by atoms with Crippen LogP contribution in [0.1, 0.15) is 10.4 Å². The zero-order chi connectivity index (χ0) is 14.8. The van der Waals surface area contributed by atoms with Crippen molar-refractivity contribution in [2.75, 3.05) is 36.8 Å². The first-order valence-corrected chi connectivity index (χ1v) is 7.55. The first-order valence-electron chi connectivity index (χ1n) is 6.67. The van der Waals surface area contributed by atoms with Crippen molar-refractivity contribution in [2.24, 2.45) is 0 Å². The molecule has 110 valence electrons. The van der Waals surface area contributed by atoms with E-state index in [2.05, 4.69) is 9.88 Å². The average Bonchev–Trinajstić information content (AvgIpc) is 3.04. The summed E-state index contributed by atoms with van der Waals surface area (Å²) in [4.78, 5) is 20.6. The molecule has 1 aliphatic rings. The van der Waals surface area contributed by atoms with Gasteiger partial charge in [-0.15, -0.1) is 11.3 Å². The van der Waals surface area contributed by atoms with Crippen molar-refractivity contribution in [3.05, 3.63) is 35.3 Å². The third-order valence-electron chi connectivity index (χ3n) is 3.53. The Hall–Kier alpha value is -2.28. The van der Waals surface area contributed by atoms with Gasteiger partial charge in [-0.2, -0.15) is 0 Å². The Bertz CT molecular complexity index is 636. The van der Waals surface area contributed by atoms with Gasteiger partial charge in [0, 0.05) is 43.3 Å². The number of aromatic hydroxyl groups is 1. The van der Waals surface area contributed by atoms with Crippen LogP contribution in [0.15, 0.2) is 29.8 Å². The zero-order valence-electron chi connectivity index (χ0n) is 11.4. The Morgan fingerprint density at radius 2 is 2.05 bits per heavy atom. The molecule has 2 heterocycles. The molecular formula is C14H16N4O2S. The van der Waals surface area contributed by atoms with E-state index in [0.29, 0.717) is 18.7 Å². The highest BCUT2D eigenvalue weighted by Crippen LogP contribution is 2.23. The van der Waals surface area contributed by atoms with Crippen LogP contribution in [-0.4, -0.2) is 47.1 Å². The van der Waals surface area contributed by atoms with Gasteiger partial charge in [-0.3, -0.25) is 4.79 Å². The average molecular weight is 304 g/mol. The highest BCUT2D eigenvalue weighted by molar-refractivity contribution is 7.13. The molecule has 3 N–H and O–H groups in total. The monoisotopic (exact) mass is 304 g/mol. The summed E-state index contributed by atoms with van der Waals surface area (Å²) in [7, 11) is 0. The molecule has 3 rings (SSSR count). The summed E-state index contributed by atoms with van der Waals surface area (Å²) in [5.74, 6) is -0.133. The highest BCUT2D eigenvalue weighted by atomic mass is 32.1. The van der Waals surface area contributed by atoms with Gasteiger partial charge >= 0.3 is 0 Å². The number of phenols is 1. The summed E-state index contributed by atoms with van der Waals surface area (Å²) in [6.07, 6.45) is 1.79. The molecule has 0 unspecified atom stereocenters. The molecule has 0 saturated carbocycles. The molecule has 0 aliphatic carbocycles. The molecule has 1 aliphatic heterocycles. The number of thiazole rings is 1. The maximum atomic E-state index is 12.4. The number of nitrogens with two attached hydrogens (primary N) is 1. The summed E-state index contributed by atoms with van der Waals surface area (Å²) in [5, 5.41) is 12.5. The predicted octanol–water partition coefficient (Wildman–Crippen LogP) is 1.39. The lowest BCUT2D eigenvalue weighted by atomic mass is 10.1. The molecule has 1 amide bonds. The van der Waals surface area contributed by atoms with Gasteiger partial charge in [0.25, 0.3) is 5.91 Å². The first-order chi connectivity index (χ1) is 10.1. The second-order valence-electron chi connectivity index (χ2n) is 4.87. The number of phenolic OH excluding ortho intramolecular Hbond substituents is 1. The van der Waals surface area contributed by atoms with E-state index in [1.165, 1.54) is 6.07 Å². The highest BCUT2D eigenvalue weighted by Gasteiger charge is 2.23. The van der Waals surface area contributed by atoms with E-state index < -0.39 is 0 Å². The number of carbonyl (C=O) groups is 1. The van der Waals surface area contributed by atoms with Crippen LogP contribution in [0.5, 0.6) is 5.75 Å².